The molecule has 5 nitrogen and oxygen atoms in total. The highest BCUT2D eigenvalue weighted by Crippen LogP contribution is 2.40. The van der Waals surface area contributed by atoms with Gasteiger partial charge in [0.05, 0.1) is 5.92 Å². The molecule has 0 amide bonds. The zero-order valence-corrected chi connectivity index (χ0v) is 7.93. The van der Waals surface area contributed by atoms with Crippen LogP contribution in [0.3, 0.4) is 0 Å². The van der Waals surface area contributed by atoms with Crippen LogP contribution >= 0.6 is 0 Å². The quantitative estimate of drug-likeness (QED) is 0.786. The van der Waals surface area contributed by atoms with Crippen molar-refractivity contribution in [2.75, 3.05) is 0 Å². The van der Waals surface area contributed by atoms with Crippen molar-refractivity contribution in [3.8, 4) is 0 Å². The van der Waals surface area contributed by atoms with E-state index in [1.165, 1.54) is 0 Å². The Hall–Kier alpha value is -1.39. The van der Waals surface area contributed by atoms with Gasteiger partial charge < -0.3 is 9.52 Å². The molecule has 0 atom stereocenters. The SMILES string of the molecule is CCc1nnc(C2CC(C(=O)O)C2)o1. The lowest BCUT2D eigenvalue weighted by Crippen LogP contribution is -2.28. The van der Waals surface area contributed by atoms with E-state index in [4.69, 9.17) is 9.52 Å². The molecule has 1 N–H and O–H groups in total. The zero-order valence-electron chi connectivity index (χ0n) is 7.93. The van der Waals surface area contributed by atoms with Gasteiger partial charge in [0.15, 0.2) is 0 Å². The largest absolute Gasteiger partial charge is 0.481 e. The van der Waals surface area contributed by atoms with Crippen molar-refractivity contribution in [1.29, 1.82) is 0 Å². The molecule has 0 radical (unpaired) electrons. The van der Waals surface area contributed by atoms with E-state index >= 15 is 0 Å². The molecule has 1 saturated carbocycles. The summed E-state index contributed by atoms with van der Waals surface area (Å²) < 4.78 is 5.35. The van der Waals surface area contributed by atoms with Gasteiger partial charge in [-0.1, -0.05) is 6.92 Å². The number of carboxylic acid groups (broad SMARTS) is 1. The van der Waals surface area contributed by atoms with Crippen LogP contribution in [-0.2, 0) is 11.2 Å². The summed E-state index contributed by atoms with van der Waals surface area (Å²) in [6.45, 7) is 1.94. The summed E-state index contributed by atoms with van der Waals surface area (Å²) in [6.07, 6.45) is 1.98. The van der Waals surface area contributed by atoms with E-state index in [9.17, 15) is 4.79 Å². The van der Waals surface area contributed by atoms with E-state index in [0.29, 0.717) is 24.6 Å². The second kappa shape index (κ2) is 3.40. The molecule has 0 bridgehead atoms. The molecule has 1 heterocycles. The Morgan fingerprint density at radius 1 is 1.57 bits per heavy atom. The Kier molecular flexibility index (Phi) is 2.23. The smallest absolute Gasteiger partial charge is 0.306 e. The Bertz CT molecular complexity index is 342. The molecule has 1 fully saturated rings. The molecule has 1 aliphatic carbocycles. The highest BCUT2D eigenvalue weighted by Gasteiger charge is 2.38. The maximum atomic E-state index is 10.6. The van der Waals surface area contributed by atoms with Crippen molar-refractivity contribution in [1.82, 2.24) is 10.2 Å². The molecule has 0 aliphatic heterocycles. The summed E-state index contributed by atoms with van der Waals surface area (Å²) in [6, 6.07) is 0. The van der Waals surface area contributed by atoms with Crippen LogP contribution in [0.5, 0.6) is 0 Å². The first-order chi connectivity index (χ1) is 6.70. The van der Waals surface area contributed by atoms with Crippen LogP contribution in [0.4, 0.5) is 0 Å². The third-order valence-electron chi connectivity index (χ3n) is 2.62. The van der Waals surface area contributed by atoms with Crippen molar-refractivity contribution in [2.24, 2.45) is 5.92 Å². The number of carbonyl (C=O) groups is 1. The molecule has 0 spiro atoms. The first kappa shape index (κ1) is 9.18. The molecule has 14 heavy (non-hydrogen) atoms. The van der Waals surface area contributed by atoms with Crippen LogP contribution in [-0.4, -0.2) is 21.3 Å². The Morgan fingerprint density at radius 3 is 2.79 bits per heavy atom. The highest BCUT2D eigenvalue weighted by molar-refractivity contribution is 5.71. The van der Waals surface area contributed by atoms with Crippen molar-refractivity contribution in [3.05, 3.63) is 11.8 Å². The zero-order chi connectivity index (χ0) is 10.1. The lowest BCUT2D eigenvalue weighted by molar-refractivity contribution is -0.145. The summed E-state index contributed by atoms with van der Waals surface area (Å²) in [4.78, 5) is 10.6. The first-order valence-electron chi connectivity index (χ1n) is 4.75. The van der Waals surface area contributed by atoms with Gasteiger partial charge in [0.2, 0.25) is 11.8 Å². The summed E-state index contributed by atoms with van der Waals surface area (Å²) in [5, 5.41) is 16.4. The summed E-state index contributed by atoms with van der Waals surface area (Å²) in [5.74, 6) is 0.426. The standard InChI is InChI=1S/C9H12N2O3/c1-2-7-10-11-8(14-7)5-3-6(4-5)9(12)13/h5-6H,2-4H2,1H3,(H,12,13). The molecule has 2 rings (SSSR count). The van der Waals surface area contributed by atoms with E-state index in [2.05, 4.69) is 10.2 Å². The van der Waals surface area contributed by atoms with Crippen LogP contribution < -0.4 is 0 Å². The van der Waals surface area contributed by atoms with Crippen LogP contribution in [0.15, 0.2) is 4.42 Å². The maximum absolute atomic E-state index is 10.6. The number of rotatable bonds is 3. The van der Waals surface area contributed by atoms with Gasteiger partial charge in [0, 0.05) is 12.3 Å². The summed E-state index contributed by atoms with van der Waals surface area (Å²) >= 11 is 0. The number of aryl methyl sites for hydroxylation is 1. The Labute approximate surface area is 81.1 Å². The molecule has 1 aromatic heterocycles. The molecular weight excluding hydrogens is 184 g/mol. The van der Waals surface area contributed by atoms with Gasteiger partial charge in [-0.05, 0) is 12.8 Å². The predicted octanol–water partition coefficient (Wildman–Crippen LogP) is 1.21. The van der Waals surface area contributed by atoms with Crippen molar-refractivity contribution >= 4 is 5.97 Å². The van der Waals surface area contributed by atoms with E-state index in [-0.39, 0.29) is 11.8 Å². The second-order valence-corrected chi connectivity index (χ2v) is 3.59. The minimum Gasteiger partial charge on any atom is -0.481 e. The van der Waals surface area contributed by atoms with Gasteiger partial charge in [-0.25, -0.2) is 0 Å². The third kappa shape index (κ3) is 1.49. The topological polar surface area (TPSA) is 76.2 Å². The van der Waals surface area contributed by atoms with Crippen molar-refractivity contribution in [2.45, 2.75) is 32.1 Å². The molecule has 0 unspecified atom stereocenters. The number of aliphatic carboxylic acids is 1. The number of nitrogens with zero attached hydrogens (tertiary/aromatic N) is 2. The molecule has 76 valence electrons. The highest BCUT2D eigenvalue weighted by atomic mass is 16.4. The van der Waals surface area contributed by atoms with Gasteiger partial charge in [-0.3, -0.25) is 4.79 Å². The fourth-order valence-corrected chi connectivity index (χ4v) is 1.60. The minimum atomic E-state index is -0.725. The van der Waals surface area contributed by atoms with Crippen molar-refractivity contribution < 1.29 is 14.3 Å². The average molecular weight is 196 g/mol. The molecule has 0 aromatic carbocycles. The van der Waals surface area contributed by atoms with Gasteiger partial charge in [-0.2, -0.15) is 0 Å². The van der Waals surface area contributed by atoms with Crippen LogP contribution in [0.1, 0.15) is 37.5 Å². The van der Waals surface area contributed by atoms with E-state index in [0.717, 1.165) is 6.42 Å². The number of hydrogen-bond acceptors (Lipinski definition) is 4. The van der Waals surface area contributed by atoms with Gasteiger partial charge in [0.1, 0.15) is 0 Å². The maximum Gasteiger partial charge on any atom is 0.306 e. The Balaban J connectivity index is 1.96. The average Bonchev–Trinajstić information content (AvgIpc) is 2.49. The van der Waals surface area contributed by atoms with E-state index < -0.39 is 5.97 Å². The lowest BCUT2D eigenvalue weighted by Gasteiger charge is -2.29. The second-order valence-electron chi connectivity index (χ2n) is 3.59. The van der Waals surface area contributed by atoms with Gasteiger partial charge in [-0.15, -0.1) is 10.2 Å². The van der Waals surface area contributed by atoms with Crippen LogP contribution in [0.2, 0.25) is 0 Å². The number of carboxylic acids is 1. The minimum absolute atomic E-state index is 0.156. The van der Waals surface area contributed by atoms with Crippen molar-refractivity contribution in [3.63, 3.8) is 0 Å². The fourth-order valence-electron chi connectivity index (χ4n) is 1.60. The molecule has 0 saturated heterocycles. The normalized spacial score (nSPS) is 25.8. The first-order valence-corrected chi connectivity index (χ1v) is 4.75. The number of aromatic nitrogens is 2. The molecule has 5 heteroatoms. The van der Waals surface area contributed by atoms with Crippen LogP contribution in [0.25, 0.3) is 0 Å². The van der Waals surface area contributed by atoms with Gasteiger partial charge >= 0.3 is 5.97 Å². The molecule has 1 aromatic rings. The lowest BCUT2D eigenvalue weighted by atomic mass is 9.75. The number of hydrogen-bond donors (Lipinski definition) is 1. The van der Waals surface area contributed by atoms with E-state index in [1.807, 2.05) is 6.92 Å². The molecular formula is C9H12N2O3. The predicted molar refractivity (Wildman–Crippen MR) is 46.8 cm³/mol. The van der Waals surface area contributed by atoms with Crippen LogP contribution in [0, 0.1) is 5.92 Å². The third-order valence-corrected chi connectivity index (χ3v) is 2.62. The Morgan fingerprint density at radius 2 is 2.29 bits per heavy atom. The fraction of sp³-hybridized carbons (Fsp3) is 0.667. The summed E-state index contributed by atoms with van der Waals surface area (Å²) in [7, 11) is 0. The monoisotopic (exact) mass is 196 g/mol. The van der Waals surface area contributed by atoms with Gasteiger partial charge in [0.25, 0.3) is 0 Å². The van der Waals surface area contributed by atoms with E-state index in [1.54, 1.807) is 0 Å². The molecule has 1 aliphatic rings. The summed E-state index contributed by atoms with van der Waals surface area (Å²) in [5.41, 5.74) is 0.